The fourth-order valence-corrected chi connectivity index (χ4v) is 1.99. The van der Waals surface area contributed by atoms with Gasteiger partial charge in [0.05, 0.1) is 6.54 Å². The number of rotatable bonds is 5. The Labute approximate surface area is 133 Å². The van der Waals surface area contributed by atoms with Crippen molar-refractivity contribution in [2.24, 2.45) is 0 Å². The van der Waals surface area contributed by atoms with Crippen molar-refractivity contribution >= 4 is 12.0 Å². The lowest BCUT2D eigenvalue weighted by Crippen LogP contribution is -2.20. The highest BCUT2D eigenvalue weighted by Gasteiger charge is 2.08. The van der Waals surface area contributed by atoms with Crippen molar-refractivity contribution in [3.63, 3.8) is 0 Å². The second-order valence-electron chi connectivity index (χ2n) is 4.84. The molecule has 0 spiro atoms. The van der Waals surface area contributed by atoms with Crippen LogP contribution in [0.15, 0.2) is 71.3 Å². The Morgan fingerprint density at radius 3 is 2.48 bits per heavy atom. The van der Waals surface area contributed by atoms with Gasteiger partial charge >= 0.3 is 0 Å². The Morgan fingerprint density at radius 2 is 1.74 bits per heavy atom. The van der Waals surface area contributed by atoms with Gasteiger partial charge in [-0.15, -0.1) is 0 Å². The molecule has 5 heteroatoms. The first-order chi connectivity index (χ1) is 11.3. The molecule has 3 rings (SSSR count). The maximum absolute atomic E-state index is 11.8. The Hall–Kier alpha value is -3.21. The first-order valence-corrected chi connectivity index (χ1v) is 7.20. The number of amides is 1. The first-order valence-electron chi connectivity index (χ1n) is 7.20. The molecule has 0 saturated carbocycles. The van der Waals surface area contributed by atoms with Gasteiger partial charge in [-0.25, -0.2) is 0 Å². The van der Waals surface area contributed by atoms with Crippen LogP contribution < -0.4 is 5.32 Å². The quantitative estimate of drug-likeness (QED) is 0.736. The molecule has 1 amide bonds. The number of benzene rings is 2. The number of carbonyl (C=O) groups excluding carboxylic acids is 1. The summed E-state index contributed by atoms with van der Waals surface area (Å²) in [6.07, 6.45) is 3.22. The molecule has 0 unspecified atom stereocenters. The predicted octanol–water partition coefficient (Wildman–Crippen LogP) is 3.07. The SMILES string of the molecule is O=C(/C=C/c1ccccc1)NCc1nc(-c2ccccc2)no1. The minimum Gasteiger partial charge on any atom is -0.343 e. The minimum absolute atomic E-state index is 0.192. The van der Waals surface area contributed by atoms with Crippen LogP contribution in [-0.2, 0) is 11.3 Å². The van der Waals surface area contributed by atoms with Crippen molar-refractivity contribution < 1.29 is 9.32 Å². The van der Waals surface area contributed by atoms with Gasteiger partial charge in [-0.3, -0.25) is 4.79 Å². The maximum atomic E-state index is 11.8. The monoisotopic (exact) mass is 305 g/mol. The van der Waals surface area contributed by atoms with E-state index >= 15 is 0 Å². The van der Waals surface area contributed by atoms with Crippen LogP contribution in [0.1, 0.15) is 11.5 Å². The summed E-state index contributed by atoms with van der Waals surface area (Å²) in [5.41, 5.74) is 1.84. The lowest BCUT2D eigenvalue weighted by Gasteiger charge is -1.97. The van der Waals surface area contributed by atoms with Gasteiger partial charge in [0, 0.05) is 11.6 Å². The molecule has 0 bridgehead atoms. The van der Waals surface area contributed by atoms with Crippen LogP contribution in [0.25, 0.3) is 17.5 Å². The van der Waals surface area contributed by atoms with Crippen molar-refractivity contribution in [3.05, 3.63) is 78.2 Å². The summed E-state index contributed by atoms with van der Waals surface area (Å²) >= 11 is 0. The molecule has 0 fully saturated rings. The molecular weight excluding hydrogens is 290 g/mol. The summed E-state index contributed by atoms with van der Waals surface area (Å²) in [5, 5.41) is 6.61. The molecule has 114 valence electrons. The maximum Gasteiger partial charge on any atom is 0.246 e. The third-order valence-electron chi connectivity index (χ3n) is 3.14. The molecule has 1 N–H and O–H groups in total. The molecule has 23 heavy (non-hydrogen) atoms. The lowest BCUT2D eigenvalue weighted by atomic mass is 10.2. The van der Waals surface area contributed by atoms with Gasteiger partial charge in [-0.05, 0) is 11.6 Å². The average Bonchev–Trinajstić information content (AvgIpc) is 3.09. The van der Waals surface area contributed by atoms with Crippen LogP contribution in [-0.4, -0.2) is 16.0 Å². The zero-order valence-electron chi connectivity index (χ0n) is 12.3. The summed E-state index contributed by atoms with van der Waals surface area (Å²) in [7, 11) is 0. The molecule has 2 aromatic carbocycles. The number of aromatic nitrogens is 2. The molecule has 3 aromatic rings. The van der Waals surface area contributed by atoms with Gasteiger partial charge in [0.25, 0.3) is 0 Å². The van der Waals surface area contributed by atoms with E-state index in [4.69, 9.17) is 4.52 Å². The van der Waals surface area contributed by atoms with Crippen molar-refractivity contribution in [1.29, 1.82) is 0 Å². The zero-order chi connectivity index (χ0) is 15.9. The van der Waals surface area contributed by atoms with Crippen LogP contribution in [0.2, 0.25) is 0 Å². The van der Waals surface area contributed by atoms with Crippen molar-refractivity contribution in [2.45, 2.75) is 6.54 Å². The van der Waals surface area contributed by atoms with E-state index in [2.05, 4.69) is 15.5 Å². The average molecular weight is 305 g/mol. The summed E-state index contributed by atoms with van der Waals surface area (Å²) < 4.78 is 5.13. The van der Waals surface area contributed by atoms with Crippen LogP contribution >= 0.6 is 0 Å². The van der Waals surface area contributed by atoms with Gasteiger partial charge in [-0.1, -0.05) is 65.8 Å². The Kier molecular flexibility index (Phi) is 4.59. The molecular formula is C18H15N3O2. The van der Waals surface area contributed by atoms with Gasteiger partial charge in [0.2, 0.25) is 17.6 Å². The van der Waals surface area contributed by atoms with Gasteiger partial charge < -0.3 is 9.84 Å². The summed E-state index contributed by atoms with van der Waals surface area (Å²) in [5.74, 6) is 0.660. The van der Waals surface area contributed by atoms with E-state index in [-0.39, 0.29) is 12.5 Å². The predicted molar refractivity (Wildman–Crippen MR) is 87.1 cm³/mol. The number of hydrogen-bond acceptors (Lipinski definition) is 4. The third-order valence-corrected chi connectivity index (χ3v) is 3.14. The third kappa shape index (κ3) is 4.14. The highest BCUT2D eigenvalue weighted by Crippen LogP contribution is 2.14. The van der Waals surface area contributed by atoms with E-state index in [1.807, 2.05) is 60.7 Å². The smallest absolute Gasteiger partial charge is 0.246 e. The zero-order valence-corrected chi connectivity index (χ0v) is 12.3. The summed E-state index contributed by atoms with van der Waals surface area (Å²) in [6.45, 7) is 0.192. The van der Waals surface area contributed by atoms with E-state index in [1.165, 1.54) is 6.08 Å². The molecule has 1 heterocycles. The normalized spacial score (nSPS) is 10.8. The van der Waals surface area contributed by atoms with E-state index in [0.29, 0.717) is 11.7 Å². The first kappa shape index (κ1) is 14.7. The second kappa shape index (κ2) is 7.17. The largest absolute Gasteiger partial charge is 0.343 e. The topological polar surface area (TPSA) is 68.0 Å². The molecule has 0 saturated heterocycles. The van der Waals surface area contributed by atoms with Gasteiger partial charge in [-0.2, -0.15) is 4.98 Å². The van der Waals surface area contributed by atoms with E-state index < -0.39 is 0 Å². The van der Waals surface area contributed by atoms with Crippen LogP contribution in [0, 0.1) is 0 Å². The summed E-state index contributed by atoms with van der Waals surface area (Å²) in [6, 6.07) is 19.1. The lowest BCUT2D eigenvalue weighted by molar-refractivity contribution is -0.116. The minimum atomic E-state index is -0.215. The Morgan fingerprint density at radius 1 is 1.04 bits per heavy atom. The van der Waals surface area contributed by atoms with Crippen LogP contribution in [0.5, 0.6) is 0 Å². The molecule has 0 aliphatic carbocycles. The van der Waals surface area contributed by atoms with Gasteiger partial charge in [0.1, 0.15) is 0 Å². The molecule has 1 aromatic heterocycles. The Bertz CT molecular complexity index is 795. The van der Waals surface area contributed by atoms with E-state index in [1.54, 1.807) is 6.08 Å². The number of hydrogen-bond donors (Lipinski definition) is 1. The number of nitrogens with one attached hydrogen (secondary N) is 1. The van der Waals surface area contributed by atoms with Gasteiger partial charge in [0.15, 0.2) is 0 Å². The van der Waals surface area contributed by atoms with Crippen molar-refractivity contribution in [2.75, 3.05) is 0 Å². The molecule has 5 nitrogen and oxygen atoms in total. The van der Waals surface area contributed by atoms with Crippen molar-refractivity contribution in [3.8, 4) is 11.4 Å². The van der Waals surface area contributed by atoms with Crippen LogP contribution in [0.4, 0.5) is 0 Å². The van der Waals surface area contributed by atoms with Crippen LogP contribution in [0.3, 0.4) is 0 Å². The highest BCUT2D eigenvalue weighted by atomic mass is 16.5. The molecule has 0 radical (unpaired) electrons. The molecule has 0 aliphatic rings. The summed E-state index contributed by atoms with van der Waals surface area (Å²) in [4.78, 5) is 16.0. The Balaban J connectivity index is 1.55. The van der Waals surface area contributed by atoms with Crippen molar-refractivity contribution in [1.82, 2.24) is 15.5 Å². The fraction of sp³-hybridized carbons (Fsp3) is 0.0556. The standard InChI is InChI=1S/C18H15N3O2/c22-16(12-11-14-7-3-1-4-8-14)19-13-17-20-18(21-23-17)15-9-5-2-6-10-15/h1-12H,13H2,(H,19,22)/b12-11+. The fourth-order valence-electron chi connectivity index (χ4n) is 1.99. The molecule has 0 atom stereocenters. The number of nitrogens with zero attached hydrogens (tertiary/aromatic N) is 2. The highest BCUT2D eigenvalue weighted by molar-refractivity contribution is 5.91. The molecule has 0 aliphatic heterocycles. The number of carbonyl (C=O) groups is 1. The van der Waals surface area contributed by atoms with E-state index in [9.17, 15) is 4.79 Å². The second-order valence-corrected chi connectivity index (χ2v) is 4.84. The van der Waals surface area contributed by atoms with E-state index in [0.717, 1.165) is 11.1 Å².